The summed E-state index contributed by atoms with van der Waals surface area (Å²) in [5.41, 5.74) is 8.62. The molecular formula is C12H16F3N. The first-order chi connectivity index (χ1) is 7.31. The molecule has 0 aliphatic heterocycles. The van der Waals surface area contributed by atoms with E-state index in [1.54, 1.807) is 6.07 Å². The first-order valence-electron chi connectivity index (χ1n) is 5.19. The van der Waals surface area contributed by atoms with Gasteiger partial charge in [0.15, 0.2) is 0 Å². The van der Waals surface area contributed by atoms with E-state index >= 15 is 0 Å². The molecule has 0 fully saturated rings. The van der Waals surface area contributed by atoms with Crippen LogP contribution in [0.15, 0.2) is 18.2 Å². The summed E-state index contributed by atoms with van der Waals surface area (Å²) in [4.78, 5) is 0. The van der Waals surface area contributed by atoms with Crippen molar-refractivity contribution < 1.29 is 13.2 Å². The molecule has 0 aliphatic rings. The van der Waals surface area contributed by atoms with Crippen LogP contribution in [-0.4, -0.2) is 6.18 Å². The summed E-state index contributed by atoms with van der Waals surface area (Å²) in [5.74, 6) is 0. The topological polar surface area (TPSA) is 26.0 Å². The summed E-state index contributed by atoms with van der Waals surface area (Å²) in [6.45, 7) is 3.81. The van der Waals surface area contributed by atoms with E-state index in [-0.39, 0.29) is 6.42 Å². The van der Waals surface area contributed by atoms with E-state index in [2.05, 4.69) is 0 Å². The molecule has 16 heavy (non-hydrogen) atoms. The molecule has 0 heterocycles. The smallest absolute Gasteiger partial charge is 0.324 e. The fourth-order valence-electron chi connectivity index (χ4n) is 1.65. The van der Waals surface area contributed by atoms with Crippen LogP contribution < -0.4 is 5.73 Å². The van der Waals surface area contributed by atoms with E-state index in [9.17, 15) is 13.2 Å². The van der Waals surface area contributed by atoms with Crippen molar-refractivity contribution >= 4 is 0 Å². The Kier molecular flexibility index (Phi) is 3.97. The number of benzene rings is 1. The number of nitrogens with two attached hydrogens (primary N) is 1. The number of aryl methyl sites for hydroxylation is 1. The second-order valence-electron chi connectivity index (χ2n) is 4.05. The molecule has 0 amide bonds. The predicted octanol–water partition coefficient (Wildman–Crippen LogP) is 3.65. The Bertz CT molecular complexity index is 358. The van der Waals surface area contributed by atoms with E-state index in [0.29, 0.717) is 0 Å². The monoisotopic (exact) mass is 231 g/mol. The first kappa shape index (κ1) is 13.0. The van der Waals surface area contributed by atoms with Crippen LogP contribution in [0.4, 0.5) is 13.2 Å². The molecule has 1 rings (SSSR count). The Balaban J connectivity index is 2.73. The van der Waals surface area contributed by atoms with Gasteiger partial charge in [-0.05, 0) is 37.0 Å². The van der Waals surface area contributed by atoms with Crippen LogP contribution in [0.5, 0.6) is 0 Å². The van der Waals surface area contributed by atoms with Crippen molar-refractivity contribution in [2.45, 2.75) is 38.9 Å². The number of halogens is 3. The van der Waals surface area contributed by atoms with Crippen LogP contribution in [0, 0.1) is 13.8 Å². The van der Waals surface area contributed by atoms with Gasteiger partial charge in [-0.15, -0.1) is 0 Å². The molecule has 0 aliphatic carbocycles. The van der Waals surface area contributed by atoms with Gasteiger partial charge in [0.05, 0.1) is 0 Å². The van der Waals surface area contributed by atoms with Crippen LogP contribution in [0.2, 0.25) is 0 Å². The molecule has 1 unspecified atom stereocenters. The fourth-order valence-corrected chi connectivity index (χ4v) is 1.65. The number of rotatable bonds is 3. The molecule has 90 valence electrons. The Morgan fingerprint density at radius 1 is 1.25 bits per heavy atom. The van der Waals surface area contributed by atoms with Crippen molar-refractivity contribution in [3.05, 3.63) is 34.9 Å². The van der Waals surface area contributed by atoms with Crippen molar-refractivity contribution in [1.29, 1.82) is 0 Å². The zero-order chi connectivity index (χ0) is 12.3. The lowest BCUT2D eigenvalue weighted by atomic mass is 9.95. The maximum absolute atomic E-state index is 12.1. The summed E-state index contributed by atoms with van der Waals surface area (Å²) in [7, 11) is 0. The van der Waals surface area contributed by atoms with Gasteiger partial charge in [0.2, 0.25) is 0 Å². The maximum atomic E-state index is 12.1. The quantitative estimate of drug-likeness (QED) is 0.844. The van der Waals surface area contributed by atoms with Crippen LogP contribution in [0.1, 0.15) is 35.6 Å². The summed E-state index contributed by atoms with van der Waals surface area (Å²) < 4.78 is 36.2. The molecule has 0 saturated heterocycles. The van der Waals surface area contributed by atoms with Crippen molar-refractivity contribution in [3.8, 4) is 0 Å². The molecule has 0 radical (unpaired) electrons. The highest BCUT2D eigenvalue weighted by molar-refractivity contribution is 5.35. The third-order valence-electron chi connectivity index (χ3n) is 2.78. The van der Waals surface area contributed by atoms with Gasteiger partial charge in [-0.25, -0.2) is 0 Å². The lowest BCUT2D eigenvalue weighted by Crippen LogP contribution is -2.16. The van der Waals surface area contributed by atoms with Gasteiger partial charge in [-0.3, -0.25) is 0 Å². The second kappa shape index (κ2) is 4.87. The summed E-state index contributed by atoms with van der Waals surface area (Å²) in [6, 6.07) is 5.01. The second-order valence-corrected chi connectivity index (χ2v) is 4.05. The summed E-state index contributed by atoms with van der Waals surface area (Å²) in [5, 5.41) is 0. The number of hydrogen-bond acceptors (Lipinski definition) is 1. The Morgan fingerprint density at radius 2 is 1.88 bits per heavy atom. The minimum absolute atomic E-state index is 0.0617. The lowest BCUT2D eigenvalue weighted by molar-refractivity contribution is -0.136. The van der Waals surface area contributed by atoms with Gasteiger partial charge in [0.1, 0.15) is 0 Å². The molecule has 1 aromatic carbocycles. The highest BCUT2D eigenvalue weighted by atomic mass is 19.4. The SMILES string of the molecule is Cc1cccc(C(N)CCC(F)(F)F)c1C. The highest BCUT2D eigenvalue weighted by Crippen LogP contribution is 2.28. The van der Waals surface area contributed by atoms with Gasteiger partial charge in [0.25, 0.3) is 0 Å². The predicted molar refractivity (Wildman–Crippen MR) is 58.1 cm³/mol. The third-order valence-corrected chi connectivity index (χ3v) is 2.78. The Hall–Kier alpha value is -1.03. The van der Waals surface area contributed by atoms with E-state index in [0.717, 1.165) is 16.7 Å². The van der Waals surface area contributed by atoms with E-state index in [1.807, 2.05) is 26.0 Å². The van der Waals surface area contributed by atoms with Crippen molar-refractivity contribution in [3.63, 3.8) is 0 Å². The van der Waals surface area contributed by atoms with E-state index in [1.165, 1.54) is 0 Å². The van der Waals surface area contributed by atoms with Crippen LogP contribution in [-0.2, 0) is 0 Å². The zero-order valence-electron chi connectivity index (χ0n) is 9.43. The molecule has 0 bridgehead atoms. The van der Waals surface area contributed by atoms with E-state index < -0.39 is 18.6 Å². The molecule has 0 spiro atoms. The van der Waals surface area contributed by atoms with Crippen molar-refractivity contribution in [1.82, 2.24) is 0 Å². The zero-order valence-corrected chi connectivity index (χ0v) is 9.43. The largest absolute Gasteiger partial charge is 0.389 e. The van der Waals surface area contributed by atoms with E-state index in [4.69, 9.17) is 5.73 Å². The standard InChI is InChI=1S/C12H16F3N/c1-8-4-3-5-10(9(8)2)11(16)6-7-12(13,14)15/h3-5,11H,6-7,16H2,1-2H3. The molecular weight excluding hydrogens is 215 g/mol. The fraction of sp³-hybridized carbons (Fsp3) is 0.500. The average Bonchev–Trinajstić information content (AvgIpc) is 2.17. The van der Waals surface area contributed by atoms with Crippen molar-refractivity contribution in [2.75, 3.05) is 0 Å². The van der Waals surface area contributed by atoms with Crippen LogP contribution in [0.25, 0.3) is 0 Å². The minimum Gasteiger partial charge on any atom is -0.324 e. The number of alkyl halides is 3. The molecule has 0 saturated carbocycles. The van der Waals surface area contributed by atoms with Gasteiger partial charge < -0.3 is 5.73 Å². The number of hydrogen-bond donors (Lipinski definition) is 1. The minimum atomic E-state index is -4.13. The normalized spacial score (nSPS) is 13.9. The van der Waals surface area contributed by atoms with Gasteiger partial charge in [-0.1, -0.05) is 18.2 Å². The summed E-state index contributed by atoms with van der Waals surface area (Å²) >= 11 is 0. The Morgan fingerprint density at radius 3 is 2.44 bits per heavy atom. The molecule has 2 N–H and O–H groups in total. The molecule has 1 atom stereocenters. The Labute approximate surface area is 93.5 Å². The molecule has 1 nitrogen and oxygen atoms in total. The van der Waals surface area contributed by atoms with Crippen molar-refractivity contribution in [2.24, 2.45) is 5.73 Å². The van der Waals surface area contributed by atoms with Crippen LogP contribution >= 0.6 is 0 Å². The lowest BCUT2D eigenvalue weighted by Gasteiger charge is -2.17. The van der Waals surface area contributed by atoms with Crippen LogP contribution in [0.3, 0.4) is 0 Å². The van der Waals surface area contributed by atoms with Gasteiger partial charge in [0, 0.05) is 12.5 Å². The molecule has 4 heteroatoms. The molecule has 0 aromatic heterocycles. The molecule has 1 aromatic rings. The van der Waals surface area contributed by atoms with Gasteiger partial charge in [-0.2, -0.15) is 13.2 Å². The first-order valence-corrected chi connectivity index (χ1v) is 5.19. The maximum Gasteiger partial charge on any atom is 0.389 e. The highest BCUT2D eigenvalue weighted by Gasteiger charge is 2.28. The van der Waals surface area contributed by atoms with Gasteiger partial charge >= 0.3 is 6.18 Å². The third kappa shape index (κ3) is 3.52. The summed E-state index contributed by atoms with van der Waals surface area (Å²) in [6.07, 6.45) is -5.02. The average molecular weight is 231 g/mol.